The maximum Gasteiger partial charge on any atom is 0.270 e. The highest BCUT2D eigenvalue weighted by atomic mass is 16.5. The van der Waals surface area contributed by atoms with Crippen molar-refractivity contribution in [1.82, 2.24) is 14.8 Å². The lowest BCUT2D eigenvalue weighted by molar-refractivity contribution is 0.0636. The van der Waals surface area contributed by atoms with Crippen LogP contribution in [0.2, 0.25) is 0 Å². The SMILES string of the molecule is CCOc1ccc2cc(C(=O)N3CCCC(CN4CCCCCC4)C3)[nH]c2c1. The minimum Gasteiger partial charge on any atom is -0.494 e. The van der Waals surface area contributed by atoms with E-state index in [1.54, 1.807) is 0 Å². The molecule has 2 aromatic rings. The first-order chi connectivity index (χ1) is 13.7. The highest BCUT2D eigenvalue weighted by Gasteiger charge is 2.27. The van der Waals surface area contributed by atoms with E-state index >= 15 is 0 Å². The van der Waals surface area contributed by atoms with Crippen molar-refractivity contribution in [2.75, 3.05) is 39.3 Å². The fraction of sp³-hybridized carbons (Fsp3) is 0.609. The number of carbonyl (C=O) groups excluding carboxylic acids is 1. The molecule has 1 aromatic heterocycles. The van der Waals surface area contributed by atoms with Crippen LogP contribution in [0.3, 0.4) is 0 Å². The maximum atomic E-state index is 13.1. The minimum absolute atomic E-state index is 0.134. The average molecular weight is 384 g/mol. The summed E-state index contributed by atoms with van der Waals surface area (Å²) in [4.78, 5) is 21.1. The molecule has 0 spiro atoms. The Balaban J connectivity index is 1.41. The summed E-state index contributed by atoms with van der Waals surface area (Å²) in [5.41, 5.74) is 1.66. The van der Waals surface area contributed by atoms with E-state index in [4.69, 9.17) is 4.74 Å². The summed E-state index contributed by atoms with van der Waals surface area (Å²) in [6.45, 7) is 7.98. The van der Waals surface area contributed by atoms with Crippen LogP contribution < -0.4 is 4.74 Å². The second-order valence-electron chi connectivity index (χ2n) is 8.34. The van der Waals surface area contributed by atoms with Crippen molar-refractivity contribution in [3.8, 4) is 5.75 Å². The number of ether oxygens (including phenoxy) is 1. The zero-order valence-electron chi connectivity index (χ0n) is 17.1. The van der Waals surface area contributed by atoms with E-state index in [1.807, 2.05) is 31.2 Å². The number of fused-ring (bicyclic) bond motifs is 1. The minimum atomic E-state index is 0.134. The monoisotopic (exact) mass is 383 g/mol. The van der Waals surface area contributed by atoms with Crippen LogP contribution in [-0.4, -0.2) is 60.0 Å². The number of hydrogen-bond acceptors (Lipinski definition) is 3. The Bertz CT molecular complexity index is 792. The molecule has 152 valence electrons. The largest absolute Gasteiger partial charge is 0.494 e. The van der Waals surface area contributed by atoms with Crippen molar-refractivity contribution in [3.63, 3.8) is 0 Å². The van der Waals surface area contributed by atoms with E-state index in [0.717, 1.165) is 42.7 Å². The molecular weight excluding hydrogens is 350 g/mol. The highest BCUT2D eigenvalue weighted by molar-refractivity contribution is 5.98. The Morgan fingerprint density at radius 1 is 1.11 bits per heavy atom. The molecule has 2 saturated heterocycles. The van der Waals surface area contributed by atoms with Crippen molar-refractivity contribution < 1.29 is 9.53 Å². The molecule has 3 heterocycles. The van der Waals surface area contributed by atoms with Crippen LogP contribution in [0, 0.1) is 5.92 Å². The summed E-state index contributed by atoms with van der Waals surface area (Å²) in [5, 5.41) is 1.06. The standard InChI is InChI=1S/C23H33N3O2/c1-2-28-20-10-9-19-14-22(24-21(19)15-20)23(27)26-13-7-8-18(17-26)16-25-11-5-3-4-6-12-25/h9-10,14-15,18,24H,2-8,11-13,16-17H2,1H3. The number of amides is 1. The second kappa shape index (κ2) is 8.99. The van der Waals surface area contributed by atoms with E-state index in [9.17, 15) is 4.79 Å². The molecule has 0 radical (unpaired) electrons. The first-order valence-electron chi connectivity index (χ1n) is 11.0. The Morgan fingerprint density at radius 3 is 2.71 bits per heavy atom. The van der Waals surface area contributed by atoms with Crippen LogP contribution in [-0.2, 0) is 0 Å². The lowest BCUT2D eigenvalue weighted by Crippen LogP contribution is -2.44. The third kappa shape index (κ3) is 4.52. The van der Waals surface area contributed by atoms with Gasteiger partial charge in [0.15, 0.2) is 0 Å². The molecule has 28 heavy (non-hydrogen) atoms. The number of carbonyl (C=O) groups is 1. The molecule has 2 aliphatic heterocycles. The number of H-pyrrole nitrogens is 1. The van der Waals surface area contributed by atoms with Crippen LogP contribution in [0.15, 0.2) is 24.3 Å². The number of rotatable bonds is 5. The van der Waals surface area contributed by atoms with Gasteiger partial charge in [0.25, 0.3) is 5.91 Å². The van der Waals surface area contributed by atoms with Crippen molar-refractivity contribution in [2.45, 2.75) is 45.4 Å². The lowest BCUT2D eigenvalue weighted by Gasteiger charge is -2.35. The third-order valence-corrected chi connectivity index (χ3v) is 6.16. The molecule has 1 aromatic carbocycles. The van der Waals surface area contributed by atoms with Gasteiger partial charge in [-0.15, -0.1) is 0 Å². The quantitative estimate of drug-likeness (QED) is 0.838. The number of aromatic amines is 1. The number of nitrogens with one attached hydrogen (secondary N) is 1. The van der Waals surface area contributed by atoms with Gasteiger partial charge in [0, 0.05) is 36.6 Å². The zero-order valence-corrected chi connectivity index (χ0v) is 17.1. The molecule has 1 atom stereocenters. The molecule has 5 nitrogen and oxygen atoms in total. The molecule has 0 aliphatic carbocycles. The first-order valence-corrected chi connectivity index (χ1v) is 11.0. The first kappa shape index (κ1) is 19.3. The average Bonchev–Trinajstić information content (AvgIpc) is 2.96. The predicted octanol–water partition coefficient (Wildman–Crippen LogP) is 4.29. The number of likely N-dealkylation sites (tertiary alicyclic amines) is 2. The van der Waals surface area contributed by atoms with Gasteiger partial charge >= 0.3 is 0 Å². The number of hydrogen-bond donors (Lipinski definition) is 1. The Labute approximate surface area is 168 Å². The third-order valence-electron chi connectivity index (χ3n) is 6.16. The molecule has 2 aliphatic rings. The number of benzene rings is 1. The van der Waals surface area contributed by atoms with Gasteiger partial charge < -0.3 is 19.5 Å². The van der Waals surface area contributed by atoms with E-state index in [-0.39, 0.29) is 5.91 Å². The van der Waals surface area contributed by atoms with Gasteiger partial charge in [0.05, 0.1) is 6.61 Å². The molecule has 4 rings (SSSR count). The molecule has 0 bridgehead atoms. The highest BCUT2D eigenvalue weighted by Crippen LogP contribution is 2.25. The van der Waals surface area contributed by atoms with Crippen molar-refractivity contribution in [2.24, 2.45) is 5.92 Å². The molecule has 1 unspecified atom stereocenters. The number of piperidine rings is 1. The fourth-order valence-corrected chi connectivity index (χ4v) is 4.73. The van der Waals surface area contributed by atoms with Crippen LogP contribution in [0.25, 0.3) is 10.9 Å². The Hall–Kier alpha value is -2.01. The van der Waals surface area contributed by atoms with Crippen LogP contribution in [0.4, 0.5) is 0 Å². The van der Waals surface area contributed by atoms with E-state index < -0.39 is 0 Å². The van der Waals surface area contributed by atoms with Crippen molar-refractivity contribution in [3.05, 3.63) is 30.0 Å². The number of nitrogens with zero attached hydrogens (tertiary/aromatic N) is 2. The smallest absolute Gasteiger partial charge is 0.270 e. The summed E-state index contributed by atoms with van der Waals surface area (Å²) in [5.74, 6) is 1.57. The van der Waals surface area contributed by atoms with E-state index in [2.05, 4.69) is 14.8 Å². The van der Waals surface area contributed by atoms with Gasteiger partial charge in [-0.05, 0) is 69.8 Å². The molecular formula is C23H33N3O2. The van der Waals surface area contributed by atoms with Gasteiger partial charge in [0.2, 0.25) is 0 Å². The van der Waals surface area contributed by atoms with E-state index in [1.165, 1.54) is 45.2 Å². The predicted molar refractivity (Wildman–Crippen MR) is 113 cm³/mol. The normalized spacial score (nSPS) is 21.6. The molecule has 2 fully saturated rings. The Kier molecular flexibility index (Phi) is 6.20. The van der Waals surface area contributed by atoms with Gasteiger partial charge in [-0.3, -0.25) is 4.79 Å². The number of aromatic nitrogens is 1. The van der Waals surface area contributed by atoms with Crippen molar-refractivity contribution >= 4 is 16.8 Å². The van der Waals surface area contributed by atoms with Gasteiger partial charge in [-0.1, -0.05) is 12.8 Å². The molecule has 1 N–H and O–H groups in total. The molecule has 1 amide bonds. The lowest BCUT2D eigenvalue weighted by atomic mass is 9.97. The molecule has 5 heteroatoms. The van der Waals surface area contributed by atoms with Gasteiger partial charge in [-0.2, -0.15) is 0 Å². The molecule has 0 saturated carbocycles. The van der Waals surface area contributed by atoms with Gasteiger partial charge in [-0.25, -0.2) is 0 Å². The Morgan fingerprint density at radius 2 is 1.93 bits per heavy atom. The second-order valence-corrected chi connectivity index (χ2v) is 8.34. The van der Waals surface area contributed by atoms with Gasteiger partial charge in [0.1, 0.15) is 11.4 Å². The van der Waals surface area contributed by atoms with Crippen molar-refractivity contribution in [1.29, 1.82) is 0 Å². The maximum absolute atomic E-state index is 13.1. The van der Waals surface area contributed by atoms with Crippen LogP contribution in [0.5, 0.6) is 5.75 Å². The van der Waals surface area contributed by atoms with Crippen LogP contribution >= 0.6 is 0 Å². The summed E-state index contributed by atoms with van der Waals surface area (Å²) >= 11 is 0. The summed E-state index contributed by atoms with van der Waals surface area (Å²) in [6, 6.07) is 7.94. The summed E-state index contributed by atoms with van der Waals surface area (Å²) < 4.78 is 5.58. The zero-order chi connectivity index (χ0) is 19.3. The summed E-state index contributed by atoms with van der Waals surface area (Å²) in [7, 11) is 0. The van der Waals surface area contributed by atoms with Crippen LogP contribution in [0.1, 0.15) is 55.9 Å². The van der Waals surface area contributed by atoms with E-state index in [0.29, 0.717) is 18.2 Å². The summed E-state index contributed by atoms with van der Waals surface area (Å²) in [6.07, 6.45) is 7.75. The fourth-order valence-electron chi connectivity index (χ4n) is 4.73. The topological polar surface area (TPSA) is 48.6 Å².